The molecule has 0 heterocycles. The third-order valence-corrected chi connectivity index (χ3v) is 3.25. The summed E-state index contributed by atoms with van der Waals surface area (Å²) in [6, 6.07) is 0. The fraction of sp³-hybridized carbons (Fsp3) is 0.933. The van der Waals surface area contributed by atoms with Gasteiger partial charge in [0.2, 0.25) is 0 Å². The van der Waals surface area contributed by atoms with Gasteiger partial charge in [0.25, 0.3) is 0 Å². The lowest BCUT2D eigenvalue weighted by Crippen LogP contribution is -1.94. The number of carbonyl (C=O) groups is 1. The highest BCUT2D eigenvalue weighted by Gasteiger charge is 1.98. The number of aldehydes is 1. The molecule has 0 aliphatic heterocycles. The highest BCUT2D eigenvalue weighted by atomic mass is 16.1. The van der Waals surface area contributed by atoms with Crippen molar-refractivity contribution in [3.63, 3.8) is 0 Å². The lowest BCUT2D eigenvalue weighted by molar-refractivity contribution is -0.110. The zero-order valence-corrected chi connectivity index (χ0v) is 11.3. The predicted octanol–water partition coefficient (Wildman–Crippen LogP) is 5.13. The fourth-order valence-corrected chi connectivity index (χ4v) is 2.02. The maximum atomic E-state index is 10.4. The molecule has 0 bridgehead atoms. The van der Waals surface area contributed by atoms with E-state index in [1.54, 1.807) is 0 Å². The van der Waals surface area contributed by atoms with Crippen molar-refractivity contribution in [3.05, 3.63) is 0 Å². The summed E-state index contributed by atoms with van der Waals surface area (Å²) in [4.78, 5) is 10.4. The molecule has 0 aromatic carbocycles. The molecule has 1 atom stereocenters. The smallest absolute Gasteiger partial charge is 0.122 e. The Morgan fingerprint density at radius 3 is 1.69 bits per heavy atom. The van der Waals surface area contributed by atoms with Crippen LogP contribution in [0.3, 0.4) is 0 Å². The second kappa shape index (κ2) is 12.7. The van der Waals surface area contributed by atoms with E-state index in [2.05, 4.69) is 6.92 Å². The van der Waals surface area contributed by atoms with E-state index in [0.29, 0.717) is 0 Å². The van der Waals surface area contributed by atoms with Gasteiger partial charge in [-0.1, -0.05) is 78.1 Å². The van der Waals surface area contributed by atoms with Gasteiger partial charge in [0, 0.05) is 5.92 Å². The van der Waals surface area contributed by atoms with E-state index >= 15 is 0 Å². The molecule has 1 nitrogen and oxygen atoms in total. The van der Waals surface area contributed by atoms with Crippen LogP contribution in [0.4, 0.5) is 0 Å². The normalized spacial score (nSPS) is 12.6. The monoisotopic (exact) mass is 226 g/mol. The summed E-state index contributed by atoms with van der Waals surface area (Å²) < 4.78 is 0. The first-order valence-corrected chi connectivity index (χ1v) is 7.26. The van der Waals surface area contributed by atoms with E-state index in [-0.39, 0.29) is 5.92 Å². The van der Waals surface area contributed by atoms with Gasteiger partial charge in [-0.3, -0.25) is 0 Å². The van der Waals surface area contributed by atoms with Crippen molar-refractivity contribution in [2.75, 3.05) is 0 Å². The molecule has 0 fully saturated rings. The molecular formula is C15H30O. The van der Waals surface area contributed by atoms with Gasteiger partial charge in [0.05, 0.1) is 0 Å². The third-order valence-electron chi connectivity index (χ3n) is 3.25. The lowest BCUT2D eigenvalue weighted by atomic mass is 10.0. The van der Waals surface area contributed by atoms with Crippen LogP contribution in [0.25, 0.3) is 0 Å². The van der Waals surface area contributed by atoms with Crippen molar-refractivity contribution in [3.8, 4) is 0 Å². The third kappa shape index (κ3) is 11.7. The van der Waals surface area contributed by atoms with Crippen LogP contribution >= 0.6 is 0 Å². The first-order valence-electron chi connectivity index (χ1n) is 7.26. The number of hydrogen-bond donors (Lipinski definition) is 0. The van der Waals surface area contributed by atoms with Crippen molar-refractivity contribution in [1.82, 2.24) is 0 Å². The van der Waals surface area contributed by atoms with Crippen LogP contribution in [0.1, 0.15) is 84.5 Å². The summed E-state index contributed by atoms with van der Waals surface area (Å²) >= 11 is 0. The van der Waals surface area contributed by atoms with Crippen LogP contribution in [-0.2, 0) is 4.79 Å². The standard InChI is InChI=1S/C15H30O/c1-3-4-5-6-7-8-9-10-11-12-13-15(2)14-16/h14-15H,3-13H2,1-2H3. The largest absolute Gasteiger partial charge is 0.303 e. The van der Waals surface area contributed by atoms with Crippen LogP contribution in [0.5, 0.6) is 0 Å². The number of carbonyl (C=O) groups excluding carboxylic acids is 1. The van der Waals surface area contributed by atoms with Gasteiger partial charge in [-0.05, 0) is 6.42 Å². The zero-order chi connectivity index (χ0) is 12.1. The first kappa shape index (κ1) is 15.7. The van der Waals surface area contributed by atoms with Crippen molar-refractivity contribution in [2.24, 2.45) is 5.92 Å². The van der Waals surface area contributed by atoms with Gasteiger partial charge in [0.15, 0.2) is 0 Å². The SMILES string of the molecule is CCCCCCCCCCCCC(C)C=O. The van der Waals surface area contributed by atoms with Crippen molar-refractivity contribution >= 4 is 6.29 Å². The van der Waals surface area contributed by atoms with Crippen LogP contribution in [0.2, 0.25) is 0 Å². The molecule has 96 valence electrons. The summed E-state index contributed by atoms with van der Waals surface area (Å²) in [5.74, 6) is 0.272. The van der Waals surface area contributed by atoms with Crippen LogP contribution in [-0.4, -0.2) is 6.29 Å². The van der Waals surface area contributed by atoms with E-state index < -0.39 is 0 Å². The summed E-state index contributed by atoms with van der Waals surface area (Å²) in [5, 5.41) is 0. The predicted molar refractivity (Wildman–Crippen MR) is 71.7 cm³/mol. The molecule has 0 saturated heterocycles. The van der Waals surface area contributed by atoms with Crippen molar-refractivity contribution < 1.29 is 4.79 Å². The number of rotatable bonds is 12. The van der Waals surface area contributed by atoms with Gasteiger partial charge < -0.3 is 4.79 Å². The molecule has 0 aromatic rings. The van der Waals surface area contributed by atoms with Gasteiger partial charge >= 0.3 is 0 Å². The summed E-state index contributed by atoms with van der Waals surface area (Å²) in [6.45, 7) is 4.28. The molecule has 0 saturated carbocycles. The van der Waals surface area contributed by atoms with E-state index in [0.717, 1.165) is 12.7 Å². The Morgan fingerprint density at radius 2 is 1.25 bits per heavy atom. The minimum atomic E-state index is 0.272. The van der Waals surface area contributed by atoms with E-state index in [1.807, 2.05) is 6.92 Å². The molecule has 0 N–H and O–H groups in total. The van der Waals surface area contributed by atoms with E-state index in [9.17, 15) is 4.79 Å². The van der Waals surface area contributed by atoms with Crippen LogP contribution in [0, 0.1) is 5.92 Å². The molecule has 0 aliphatic rings. The highest BCUT2D eigenvalue weighted by Crippen LogP contribution is 2.12. The first-order chi connectivity index (χ1) is 7.81. The fourth-order valence-electron chi connectivity index (χ4n) is 2.02. The molecule has 0 aliphatic carbocycles. The Morgan fingerprint density at radius 1 is 0.812 bits per heavy atom. The minimum Gasteiger partial charge on any atom is -0.303 e. The molecule has 16 heavy (non-hydrogen) atoms. The maximum absolute atomic E-state index is 10.4. The quantitative estimate of drug-likeness (QED) is 0.333. The Hall–Kier alpha value is -0.330. The highest BCUT2D eigenvalue weighted by molar-refractivity contribution is 5.52. The van der Waals surface area contributed by atoms with E-state index in [4.69, 9.17) is 0 Å². The Labute approximate surface area is 102 Å². The summed E-state index contributed by atoms with van der Waals surface area (Å²) in [6.07, 6.45) is 15.9. The molecule has 0 rings (SSSR count). The van der Waals surface area contributed by atoms with Crippen molar-refractivity contribution in [1.29, 1.82) is 0 Å². The topological polar surface area (TPSA) is 17.1 Å². The average molecular weight is 226 g/mol. The molecular weight excluding hydrogens is 196 g/mol. The molecule has 0 radical (unpaired) electrons. The summed E-state index contributed by atoms with van der Waals surface area (Å²) in [7, 11) is 0. The Kier molecular flexibility index (Phi) is 12.5. The van der Waals surface area contributed by atoms with Gasteiger partial charge in [0.1, 0.15) is 6.29 Å². The van der Waals surface area contributed by atoms with Crippen LogP contribution in [0.15, 0.2) is 0 Å². The molecule has 0 aromatic heterocycles. The average Bonchev–Trinajstić information content (AvgIpc) is 2.31. The van der Waals surface area contributed by atoms with E-state index in [1.165, 1.54) is 64.2 Å². The zero-order valence-electron chi connectivity index (χ0n) is 11.3. The lowest BCUT2D eigenvalue weighted by Gasteiger charge is -2.03. The Balaban J connectivity index is 2.96. The molecule has 0 spiro atoms. The second-order valence-corrected chi connectivity index (χ2v) is 5.08. The Bertz CT molecular complexity index is 142. The second-order valence-electron chi connectivity index (χ2n) is 5.08. The van der Waals surface area contributed by atoms with Gasteiger partial charge in [-0.15, -0.1) is 0 Å². The van der Waals surface area contributed by atoms with Gasteiger partial charge in [-0.25, -0.2) is 0 Å². The number of hydrogen-bond acceptors (Lipinski definition) is 1. The van der Waals surface area contributed by atoms with Crippen LogP contribution < -0.4 is 0 Å². The molecule has 1 heteroatoms. The molecule has 1 unspecified atom stereocenters. The number of unbranched alkanes of at least 4 members (excludes halogenated alkanes) is 9. The van der Waals surface area contributed by atoms with Gasteiger partial charge in [-0.2, -0.15) is 0 Å². The maximum Gasteiger partial charge on any atom is 0.122 e. The molecule has 0 amide bonds. The van der Waals surface area contributed by atoms with Crippen molar-refractivity contribution in [2.45, 2.75) is 84.5 Å². The minimum absolute atomic E-state index is 0.272. The summed E-state index contributed by atoms with van der Waals surface area (Å²) in [5.41, 5.74) is 0.